The molecule has 3 heterocycles. The van der Waals surface area contributed by atoms with Crippen LogP contribution in [-0.4, -0.2) is 21.8 Å². The zero-order chi connectivity index (χ0) is 29.4. The molecule has 1 aliphatic heterocycles. The molecular formula is C33H28Cl2N4O2S. The van der Waals surface area contributed by atoms with E-state index in [-0.39, 0.29) is 12.1 Å². The van der Waals surface area contributed by atoms with Crippen molar-refractivity contribution >= 4 is 46.2 Å². The van der Waals surface area contributed by atoms with Crippen LogP contribution in [0.1, 0.15) is 34.7 Å². The van der Waals surface area contributed by atoms with E-state index in [0.29, 0.717) is 20.9 Å². The van der Waals surface area contributed by atoms with Crippen LogP contribution in [0.2, 0.25) is 10.0 Å². The van der Waals surface area contributed by atoms with Gasteiger partial charge in [0.15, 0.2) is 5.11 Å². The minimum atomic E-state index is -0.183. The third-order valence-electron chi connectivity index (χ3n) is 7.47. The number of thiocarbonyl (C=S) groups is 1. The van der Waals surface area contributed by atoms with Gasteiger partial charge in [-0.25, -0.2) is 0 Å². The molecule has 6 nitrogen and oxygen atoms in total. The van der Waals surface area contributed by atoms with Gasteiger partial charge in [-0.1, -0.05) is 35.3 Å². The van der Waals surface area contributed by atoms with Crippen molar-refractivity contribution in [2.24, 2.45) is 0 Å². The third-order valence-corrected chi connectivity index (χ3v) is 8.59. The van der Waals surface area contributed by atoms with Gasteiger partial charge in [-0.15, -0.1) is 0 Å². The number of methoxy groups -OCH3 is 1. The van der Waals surface area contributed by atoms with Crippen LogP contribution in [0.5, 0.6) is 17.2 Å². The lowest BCUT2D eigenvalue weighted by atomic mass is 9.96. The minimum Gasteiger partial charge on any atom is -0.497 e. The number of pyridine rings is 1. The van der Waals surface area contributed by atoms with Crippen molar-refractivity contribution in [3.05, 3.63) is 130 Å². The van der Waals surface area contributed by atoms with E-state index in [4.69, 9.17) is 49.9 Å². The Morgan fingerprint density at radius 2 is 1.55 bits per heavy atom. The van der Waals surface area contributed by atoms with Gasteiger partial charge in [0.25, 0.3) is 0 Å². The second-order valence-corrected chi connectivity index (χ2v) is 11.2. The monoisotopic (exact) mass is 614 g/mol. The lowest BCUT2D eigenvalue weighted by Gasteiger charge is -2.28. The molecule has 42 heavy (non-hydrogen) atoms. The summed E-state index contributed by atoms with van der Waals surface area (Å²) in [5.41, 5.74) is 5.84. The molecule has 1 N–H and O–H groups in total. The van der Waals surface area contributed by atoms with Gasteiger partial charge in [0.1, 0.15) is 17.2 Å². The van der Waals surface area contributed by atoms with Gasteiger partial charge in [-0.2, -0.15) is 0 Å². The van der Waals surface area contributed by atoms with Gasteiger partial charge < -0.3 is 24.3 Å². The number of anilines is 1. The number of nitrogens with zero attached hydrogens (tertiary/aromatic N) is 3. The second kappa shape index (κ2) is 11.7. The topological polar surface area (TPSA) is 51.6 Å². The molecule has 0 bridgehead atoms. The van der Waals surface area contributed by atoms with Gasteiger partial charge in [0.2, 0.25) is 0 Å². The highest BCUT2D eigenvalue weighted by molar-refractivity contribution is 7.80. The molecule has 1 saturated heterocycles. The van der Waals surface area contributed by atoms with Gasteiger partial charge in [-0.05, 0) is 110 Å². The summed E-state index contributed by atoms with van der Waals surface area (Å²) in [5.74, 6) is 2.22. The van der Waals surface area contributed by atoms with E-state index in [9.17, 15) is 0 Å². The molecule has 6 rings (SSSR count). The SMILES string of the molecule is COc1ccc(Oc2ccc(N3C(=S)N[C@@H](c4ccccn4)[C@@H]3c3cc(C)n(-c4cccc(Cl)c4Cl)c3C)cc2)cc1. The summed E-state index contributed by atoms with van der Waals surface area (Å²) in [6, 6.07) is 28.9. The van der Waals surface area contributed by atoms with E-state index >= 15 is 0 Å². The fourth-order valence-corrected chi connectivity index (χ4v) is 6.25. The average molecular weight is 616 g/mol. The number of rotatable bonds is 7. The van der Waals surface area contributed by atoms with Crippen molar-refractivity contribution in [2.45, 2.75) is 25.9 Å². The third kappa shape index (κ3) is 5.20. The summed E-state index contributed by atoms with van der Waals surface area (Å²) in [6.45, 7) is 4.17. The van der Waals surface area contributed by atoms with Crippen molar-refractivity contribution in [1.29, 1.82) is 0 Å². The quantitative estimate of drug-likeness (QED) is 0.185. The first-order valence-electron chi connectivity index (χ1n) is 13.4. The maximum atomic E-state index is 6.68. The zero-order valence-electron chi connectivity index (χ0n) is 23.2. The van der Waals surface area contributed by atoms with Crippen molar-refractivity contribution in [3.63, 3.8) is 0 Å². The fraction of sp³-hybridized carbons (Fsp3) is 0.152. The Labute approximate surface area is 260 Å². The number of hydrogen-bond donors (Lipinski definition) is 1. The van der Waals surface area contributed by atoms with E-state index in [1.807, 2.05) is 78.9 Å². The molecule has 0 aliphatic carbocycles. The van der Waals surface area contributed by atoms with Crippen LogP contribution in [-0.2, 0) is 0 Å². The summed E-state index contributed by atoms with van der Waals surface area (Å²) >= 11 is 19.0. The van der Waals surface area contributed by atoms with Gasteiger partial charge in [0, 0.05) is 23.3 Å². The summed E-state index contributed by atoms with van der Waals surface area (Å²) in [4.78, 5) is 6.84. The number of nitrogens with one attached hydrogen (secondary N) is 1. The van der Waals surface area contributed by atoms with Crippen LogP contribution in [0, 0.1) is 13.8 Å². The Morgan fingerprint density at radius 3 is 2.21 bits per heavy atom. The number of aryl methyl sites for hydroxylation is 1. The van der Waals surface area contributed by atoms with E-state index in [1.54, 1.807) is 19.4 Å². The van der Waals surface area contributed by atoms with Gasteiger partial charge >= 0.3 is 0 Å². The van der Waals surface area contributed by atoms with Gasteiger partial charge in [-0.3, -0.25) is 4.98 Å². The molecule has 3 aromatic carbocycles. The molecular weight excluding hydrogens is 587 g/mol. The van der Waals surface area contributed by atoms with Crippen molar-refractivity contribution in [3.8, 4) is 22.9 Å². The fourth-order valence-electron chi connectivity index (χ4n) is 5.53. The van der Waals surface area contributed by atoms with Crippen molar-refractivity contribution in [2.75, 3.05) is 12.0 Å². The number of ether oxygens (including phenoxy) is 2. The molecule has 2 aromatic heterocycles. The van der Waals surface area contributed by atoms with E-state index in [0.717, 1.165) is 45.5 Å². The van der Waals surface area contributed by atoms with E-state index < -0.39 is 0 Å². The Bertz CT molecular complexity index is 1740. The summed E-state index contributed by atoms with van der Waals surface area (Å²) < 4.78 is 13.5. The van der Waals surface area contributed by atoms with Crippen LogP contribution in [0.4, 0.5) is 5.69 Å². The number of halogens is 2. The molecule has 9 heteroatoms. The van der Waals surface area contributed by atoms with Crippen LogP contribution in [0.25, 0.3) is 5.69 Å². The predicted octanol–water partition coefficient (Wildman–Crippen LogP) is 8.77. The normalized spacial score (nSPS) is 16.4. The molecule has 0 saturated carbocycles. The maximum Gasteiger partial charge on any atom is 0.174 e. The Hall–Kier alpha value is -4.04. The molecule has 1 fully saturated rings. The number of aromatic nitrogens is 2. The zero-order valence-corrected chi connectivity index (χ0v) is 25.5. The smallest absolute Gasteiger partial charge is 0.174 e. The van der Waals surface area contributed by atoms with Crippen LogP contribution < -0.4 is 19.7 Å². The largest absolute Gasteiger partial charge is 0.497 e. The standard InChI is InChI=1S/C33H28Cl2N4O2S/c1-20-19-26(21(2)38(20)29-9-6-7-27(34)30(29)35)32-31(28-8-4-5-18-36-28)37-33(42)39(32)22-10-12-24(13-11-22)41-25-16-14-23(40-3)15-17-25/h4-19,31-32H,1-3H3,(H,37,42)/t31-,32-/m0/s1. The van der Waals surface area contributed by atoms with E-state index in [2.05, 4.69) is 34.7 Å². The summed E-state index contributed by atoms with van der Waals surface area (Å²) in [7, 11) is 1.64. The van der Waals surface area contributed by atoms with Crippen molar-refractivity contribution in [1.82, 2.24) is 14.9 Å². The molecule has 0 spiro atoms. The first kappa shape index (κ1) is 28.1. The lowest BCUT2D eigenvalue weighted by Crippen LogP contribution is -2.29. The summed E-state index contributed by atoms with van der Waals surface area (Å²) in [5, 5.41) is 5.18. The lowest BCUT2D eigenvalue weighted by molar-refractivity contribution is 0.413. The molecule has 1 aliphatic rings. The van der Waals surface area contributed by atoms with E-state index in [1.165, 1.54) is 0 Å². The minimum absolute atomic E-state index is 0.182. The first-order valence-corrected chi connectivity index (χ1v) is 14.6. The van der Waals surface area contributed by atoms with Crippen molar-refractivity contribution < 1.29 is 9.47 Å². The molecule has 0 amide bonds. The molecule has 212 valence electrons. The number of hydrogen-bond acceptors (Lipinski definition) is 4. The molecule has 0 unspecified atom stereocenters. The highest BCUT2D eigenvalue weighted by Crippen LogP contribution is 2.44. The molecule has 5 aromatic rings. The average Bonchev–Trinajstić information content (AvgIpc) is 3.50. The highest BCUT2D eigenvalue weighted by atomic mass is 35.5. The molecule has 2 atom stereocenters. The predicted molar refractivity (Wildman–Crippen MR) is 173 cm³/mol. The Balaban J connectivity index is 1.40. The Kier molecular flexibility index (Phi) is 7.82. The van der Waals surface area contributed by atoms with Crippen LogP contribution in [0.3, 0.4) is 0 Å². The first-order chi connectivity index (χ1) is 20.4. The second-order valence-electron chi connectivity index (χ2n) is 10.0. The number of benzene rings is 3. The van der Waals surface area contributed by atoms with Gasteiger partial charge in [0.05, 0.1) is 40.6 Å². The maximum absolute atomic E-state index is 6.68. The highest BCUT2D eigenvalue weighted by Gasteiger charge is 2.42. The molecule has 0 radical (unpaired) electrons. The van der Waals surface area contributed by atoms with Crippen LogP contribution in [0.15, 0.2) is 97.2 Å². The summed E-state index contributed by atoms with van der Waals surface area (Å²) in [6.07, 6.45) is 1.81. The van der Waals surface area contributed by atoms with Crippen LogP contribution >= 0.6 is 35.4 Å². The Morgan fingerprint density at radius 1 is 0.857 bits per heavy atom.